The summed E-state index contributed by atoms with van der Waals surface area (Å²) in [6.07, 6.45) is 10.1. The normalized spacial score (nSPS) is 14.9. The molecule has 282 valence electrons. The van der Waals surface area contributed by atoms with Crippen molar-refractivity contribution in [2.75, 3.05) is 0 Å². The summed E-state index contributed by atoms with van der Waals surface area (Å²) in [7, 11) is 0. The second kappa shape index (κ2) is 13.0. The van der Waals surface area contributed by atoms with Gasteiger partial charge in [-0.05, 0) is 119 Å². The molecule has 4 heteroatoms. The van der Waals surface area contributed by atoms with E-state index in [1.807, 2.05) is 36.7 Å². The summed E-state index contributed by atoms with van der Waals surface area (Å²) in [4.78, 5) is 19.8. The lowest BCUT2D eigenvalue weighted by Gasteiger charge is -2.36. The Balaban J connectivity index is 1.08. The number of pyridine rings is 2. The zero-order chi connectivity index (χ0) is 40.1. The highest BCUT2D eigenvalue weighted by atomic mass is 14.9. The topological polar surface area (TPSA) is 51.6 Å². The Labute approximate surface area is 352 Å². The molecule has 0 N–H and O–H groups in total. The van der Waals surface area contributed by atoms with Crippen LogP contribution in [0.3, 0.4) is 0 Å². The van der Waals surface area contributed by atoms with Crippen molar-refractivity contribution in [2.45, 2.75) is 5.41 Å². The predicted molar refractivity (Wildman–Crippen MR) is 249 cm³/mol. The third-order valence-electron chi connectivity index (χ3n) is 13.0. The van der Waals surface area contributed by atoms with Crippen LogP contribution in [0.4, 0.5) is 0 Å². The maximum Gasteiger partial charge on any atom is 0.160 e. The van der Waals surface area contributed by atoms with Gasteiger partial charge in [-0.3, -0.25) is 9.97 Å². The van der Waals surface area contributed by atoms with E-state index in [9.17, 15) is 0 Å². The molecule has 0 aliphatic heterocycles. The average Bonchev–Trinajstić information content (AvgIpc) is 3.54. The summed E-state index contributed by atoms with van der Waals surface area (Å²) in [5.41, 5.74) is 15.8. The first-order valence-corrected chi connectivity index (χ1v) is 20.8. The quantitative estimate of drug-likeness (QED) is 0.167. The molecule has 0 fully saturated rings. The molecule has 2 aliphatic rings. The molecule has 11 aromatic rings. The molecule has 3 heterocycles. The predicted octanol–water partition coefficient (Wildman–Crippen LogP) is 13.7. The van der Waals surface area contributed by atoms with Crippen molar-refractivity contribution in [2.24, 2.45) is 0 Å². The van der Waals surface area contributed by atoms with E-state index in [-0.39, 0.29) is 0 Å². The molecule has 4 nitrogen and oxygen atoms in total. The highest BCUT2D eigenvalue weighted by Gasteiger charge is 2.49. The van der Waals surface area contributed by atoms with E-state index in [1.165, 1.54) is 76.8 Å². The van der Waals surface area contributed by atoms with E-state index in [1.54, 1.807) is 6.20 Å². The van der Waals surface area contributed by atoms with Gasteiger partial charge in [-0.15, -0.1) is 0 Å². The van der Waals surface area contributed by atoms with Crippen molar-refractivity contribution >= 4 is 44.5 Å². The van der Waals surface area contributed by atoms with Gasteiger partial charge < -0.3 is 0 Å². The highest BCUT2D eigenvalue weighted by Crippen LogP contribution is 2.61. The lowest BCUT2D eigenvalue weighted by atomic mass is 9.65. The molecule has 1 spiro atoms. The van der Waals surface area contributed by atoms with Crippen LogP contribution < -0.4 is 0 Å². The van der Waals surface area contributed by atoms with Crippen LogP contribution in [0.2, 0.25) is 0 Å². The van der Waals surface area contributed by atoms with Gasteiger partial charge in [0.15, 0.2) is 5.82 Å². The van der Waals surface area contributed by atoms with Gasteiger partial charge in [-0.1, -0.05) is 146 Å². The molecule has 3 aromatic heterocycles. The van der Waals surface area contributed by atoms with E-state index in [0.29, 0.717) is 5.82 Å². The summed E-state index contributed by atoms with van der Waals surface area (Å²) < 4.78 is 0. The van der Waals surface area contributed by atoms with Crippen LogP contribution in [0, 0.1) is 0 Å². The second-order valence-electron chi connectivity index (χ2n) is 16.2. The number of hydrogen-bond acceptors (Lipinski definition) is 4. The van der Waals surface area contributed by atoms with Crippen LogP contribution in [-0.4, -0.2) is 19.9 Å². The molecule has 2 aliphatic carbocycles. The van der Waals surface area contributed by atoms with E-state index in [2.05, 4.69) is 169 Å². The molecular formula is C57H34N4. The smallest absolute Gasteiger partial charge is 0.160 e. The number of fused-ring (bicyclic) bond motifs is 10. The number of benzene rings is 8. The van der Waals surface area contributed by atoms with E-state index < -0.39 is 5.41 Å². The maximum absolute atomic E-state index is 5.34. The average molecular weight is 775 g/mol. The Hall–Kier alpha value is -8.08. The molecule has 0 saturated heterocycles. The first kappa shape index (κ1) is 33.8. The summed E-state index contributed by atoms with van der Waals surface area (Å²) >= 11 is 0. The Morgan fingerprint density at radius 3 is 1.92 bits per heavy atom. The molecule has 8 aromatic carbocycles. The van der Waals surface area contributed by atoms with Crippen LogP contribution in [-0.2, 0) is 5.41 Å². The molecule has 13 rings (SSSR count). The van der Waals surface area contributed by atoms with Gasteiger partial charge in [0.1, 0.15) is 0 Å². The molecule has 1 atom stereocenters. The Bertz CT molecular complexity index is 3560. The van der Waals surface area contributed by atoms with Gasteiger partial charge in [-0.2, -0.15) is 0 Å². The van der Waals surface area contributed by atoms with E-state index in [4.69, 9.17) is 15.0 Å². The molecule has 0 amide bonds. The van der Waals surface area contributed by atoms with Crippen molar-refractivity contribution in [1.29, 1.82) is 0 Å². The molecule has 0 saturated carbocycles. The molecule has 61 heavy (non-hydrogen) atoms. The van der Waals surface area contributed by atoms with Gasteiger partial charge in [0.2, 0.25) is 0 Å². The fraction of sp³-hybridized carbons (Fsp3) is 0.0175. The van der Waals surface area contributed by atoms with Crippen molar-refractivity contribution in [3.05, 3.63) is 228 Å². The summed E-state index contributed by atoms with van der Waals surface area (Å²) in [6.45, 7) is 0. The van der Waals surface area contributed by atoms with E-state index in [0.717, 1.165) is 39.3 Å². The minimum absolute atomic E-state index is 0.631. The lowest BCUT2D eigenvalue weighted by molar-refractivity contribution is 0.768. The van der Waals surface area contributed by atoms with Crippen molar-refractivity contribution in [3.8, 4) is 56.3 Å². The largest absolute Gasteiger partial charge is 0.264 e. The lowest BCUT2D eigenvalue weighted by Crippen LogP contribution is -2.30. The van der Waals surface area contributed by atoms with Gasteiger partial charge in [0.25, 0.3) is 0 Å². The van der Waals surface area contributed by atoms with Gasteiger partial charge in [0.05, 0.1) is 22.5 Å². The van der Waals surface area contributed by atoms with Gasteiger partial charge in [0, 0.05) is 40.8 Å². The number of aromatic nitrogens is 4. The standard InChI is InChI=1S/C57H34N4/c1-2-11-37(12-3-1)51-32-52(43-26-28-50(59-34-43)42-15-9-29-58-33-42)61-56(60-51)41-24-21-36-20-19-35-10-4-6-17-46(35)57(48(36)31-41)47-18-7-5-16-44(47)55-45-27-25-39-14-8-13-38-22-23-40(30-49(55)57)54(45)53(38)39/h1-34H. The Morgan fingerprint density at radius 1 is 0.393 bits per heavy atom. The van der Waals surface area contributed by atoms with Crippen LogP contribution in [0.1, 0.15) is 33.4 Å². The highest BCUT2D eigenvalue weighted by molar-refractivity contribution is 6.27. The summed E-state index contributed by atoms with van der Waals surface area (Å²) in [5, 5.41) is 7.75. The second-order valence-corrected chi connectivity index (χ2v) is 16.2. The summed E-state index contributed by atoms with van der Waals surface area (Å²) in [6, 6.07) is 63.8. The fourth-order valence-corrected chi connectivity index (χ4v) is 10.3. The minimum atomic E-state index is -0.631. The van der Waals surface area contributed by atoms with Crippen LogP contribution in [0.15, 0.2) is 195 Å². The van der Waals surface area contributed by atoms with Crippen LogP contribution in [0.5, 0.6) is 0 Å². The molecule has 0 bridgehead atoms. The van der Waals surface area contributed by atoms with Crippen molar-refractivity contribution < 1.29 is 0 Å². The number of hydrogen-bond donors (Lipinski definition) is 0. The van der Waals surface area contributed by atoms with Gasteiger partial charge in [-0.25, -0.2) is 9.97 Å². The molecular weight excluding hydrogens is 741 g/mol. The third kappa shape index (κ3) is 4.93. The molecule has 0 radical (unpaired) electrons. The number of rotatable bonds is 4. The van der Waals surface area contributed by atoms with Crippen LogP contribution in [0.25, 0.3) is 101 Å². The van der Waals surface area contributed by atoms with Crippen molar-refractivity contribution in [3.63, 3.8) is 0 Å². The minimum Gasteiger partial charge on any atom is -0.264 e. The third-order valence-corrected chi connectivity index (χ3v) is 13.0. The fourth-order valence-electron chi connectivity index (χ4n) is 10.3. The first-order valence-electron chi connectivity index (χ1n) is 20.8. The molecule has 1 unspecified atom stereocenters. The Morgan fingerprint density at radius 2 is 1.10 bits per heavy atom. The first-order chi connectivity index (χ1) is 30.2. The summed E-state index contributed by atoms with van der Waals surface area (Å²) in [5.74, 6) is 0.661. The van der Waals surface area contributed by atoms with Crippen molar-refractivity contribution in [1.82, 2.24) is 19.9 Å². The zero-order valence-electron chi connectivity index (χ0n) is 32.9. The maximum atomic E-state index is 5.34. The van der Waals surface area contributed by atoms with Gasteiger partial charge >= 0.3 is 0 Å². The SMILES string of the molecule is C1=Cc2ccc(-c3nc(-c4ccccc4)cc(-c4ccc(-c5cccnc5)nc4)n3)cc2C2(c3ccccc31)c1ccccc1-c1c2cc2ccc3cccc4ccc1c2c34. The number of nitrogens with zero attached hydrogens (tertiary/aromatic N) is 4. The monoisotopic (exact) mass is 774 g/mol. The zero-order valence-corrected chi connectivity index (χ0v) is 32.9. The van der Waals surface area contributed by atoms with E-state index >= 15 is 0 Å². The Kier molecular flexibility index (Phi) is 7.19. The van der Waals surface area contributed by atoms with Crippen LogP contribution >= 0.6 is 0 Å².